The molecule has 0 aromatic heterocycles. The lowest BCUT2D eigenvalue weighted by Crippen LogP contribution is -2.53. The zero-order chi connectivity index (χ0) is 18.2. The number of hydrogen-bond donors (Lipinski definition) is 2. The first-order valence-corrected chi connectivity index (χ1v) is 9.28. The van der Waals surface area contributed by atoms with Crippen LogP contribution in [0.5, 0.6) is 0 Å². The molecule has 1 saturated heterocycles. The Balaban J connectivity index is 0.00000576. The molecule has 0 saturated carbocycles. The molecule has 0 atom stereocenters. The first-order chi connectivity index (χ1) is 11.2. The summed E-state index contributed by atoms with van der Waals surface area (Å²) in [6.07, 6.45) is 0. The van der Waals surface area contributed by atoms with Crippen molar-refractivity contribution in [1.29, 1.82) is 0 Å². The summed E-state index contributed by atoms with van der Waals surface area (Å²) in [7, 11) is 0. The molecule has 7 heteroatoms. The molecular formula is C18H38IN5O. The van der Waals surface area contributed by atoms with Crippen LogP contribution in [0.15, 0.2) is 4.99 Å². The predicted octanol–water partition coefficient (Wildman–Crippen LogP) is 2.01. The molecule has 0 radical (unpaired) electrons. The molecule has 1 aliphatic rings. The van der Waals surface area contributed by atoms with Gasteiger partial charge in [0.25, 0.3) is 0 Å². The molecule has 0 spiro atoms. The monoisotopic (exact) mass is 467 g/mol. The van der Waals surface area contributed by atoms with Crippen molar-refractivity contribution in [2.24, 2.45) is 16.3 Å². The average molecular weight is 467 g/mol. The molecule has 0 aromatic rings. The van der Waals surface area contributed by atoms with Crippen molar-refractivity contribution in [3.63, 3.8) is 0 Å². The van der Waals surface area contributed by atoms with Crippen LogP contribution >= 0.6 is 24.0 Å². The van der Waals surface area contributed by atoms with E-state index in [4.69, 9.17) is 0 Å². The van der Waals surface area contributed by atoms with Crippen molar-refractivity contribution in [2.75, 3.05) is 52.4 Å². The summed E-state index contributed by atoms with van der Waals surface area (Å²) in [5.41, 5.74) is -0.346. The third-order valence-electron chi connectivity index (χ3n) is 3.97. The Labute approximate surface area is 171 Å². The quantitative estimate of drug-likeness (QED) is 0.272. The van der Waals surface area contributed by atoms with E-state index in [0.717, 1.165) is 38.7 Å². The van der Waals surface area contributed by atoms with Gasteiger partial charge in [-0.2, -0.15) is 0 Å². The number of piperazine rings is 1. The van der Waals surface area contributed by atoms with E-state index in [-0.39, 0.29) is 35.3 Å². The van der Waals surface area contributed by atoms with E-state index in [0.29, 0.717) is 19.0 Å². The first kappa shape index (κ1) is 24.4. The van der Waals surface area contributed by atoms with Crippen molar-refractivity contribution < 1.29 is 4.79 Å². The van der Waals surface area contributed by atoms with E-state index >= 15 is 0 Å². The van der Waals surface area contributed by atoms with E-state index in [1.807, 2.05) is 20.8 Å². The molecule has 1 heterocycles. The number of aliphatic imine (C=N–C) groups is 1. The number of carbonyl (C=O) groups is 1. The van der Waals surface area contributed by atoms with Gasteiger partial charge >= 0.3 is 0 Å². The second-order valence-electron chi connectivity index (χ2n) is 7.92. The highest BCUT2D eigenvalue weighted by atomic mass is 127. The van der Waals surface area contributed by atoms with Gasteiger partial charge < -0.3 is 15.5 Å². The zero-order valence-electron chi connectivity index (χ0n) is 16.9. The topological polar surface area (TPSA) is 60.0 Å². The highest BCUT2D eigenvalue weighted by Crippen LogP contribution is 2.12. The minimum Gasteiger partial charge on any atom is -0.357 e. The lowest BCUT2D eigenvalue weighted by molar-refractivity contribution is -0.128. The van der Waals surface area contributed by atoms with Crippen LogP contribution in [-0.2, 0) is 4.79 Å². The van der Waals surface area contributed by atoms with Gasteiger partial charge in [-0.15, -0.1) is 24.0 Å². The molecule has 2 N–H and O–H groups in total. The second kappa shape index (κ2) is 11.9. The number of guanidine groups is 1. The van der Waals surface area contributed by atoms with Crippen LogP contribution in [0.4, 0.5) is 0 Å². The molecular weight excluding hydrogens is 429 g/mol. The molecule has 1 aliphatic heterocycles. The molecule has 1 fully saturated rings. The standard InChI is InChI=1S/C18H37N5O.HI/c1-7-19-17(21-9-8-20-16(24)18(4,5)6)23-12-10-22(11-13-23)14-15(2)3;/h15H,7-14H2,1-6H3,(H,19,21)(H,20,24);1H. The van der Waals surface area contributed by atoms with E-state index in [9.17, 15) is 4.79 Å². The van der Waals surface area contributed by atoms with Crippen LogP contribution in [0.25, 0.3) is 0 Å². The number of amides is 1. The van der Waals surface area contributed by atoms with Crippen molar-refractivity contribution in [2.45, 2.75) is 41.5 Å². The zero-order valence-corrected chi connectivity index (χ0v) is 19.2. The molecule has 6 nitrogen and oxygen atoms in total. The van der Waals surface area contributed by atoms with Crippen molar-refractivity contribution in [3.05, 3.63) is 0 Å². The van der Waals surface area contributed by atoms with Gasteiger partial charge in [0.15, 0.2) is 5.96 Å². The Kier molecular flexibility index (Phi) is 11.7. The molecule has 0 aromatic carbocycles. The summed E-state index contributed by atoms with van der Waals surface area (Å²) in [6, 6.07) is 0. The lowest BCUT2D eigenvalue weighted by atomic mass is 9.96. The fraction of sp³-hybridized carbons (Fsp3) is 0.889. The molecule has 0 unspecified atom stereocenters. The van der Waals surface area contributed by atoms with Crippen LogP contribution in [0.1, 0.15) is 41.5 Å². The Bertz CT molecular complexity index is 412. The second-order valence-corrected chi connectivity index (χ2v) is 7.92. The van der Waals surface area contributed by atoms with Gasteiger partial charge in [-0.25, -0.2) is 0 Å². The Hall–Kier alpha value is -0.570. The normalized spacial score (nSPS) is 16.6. The Morgan fingerprint density at radius 1 is 1.12 bits per heavy atom. The number of nitrogens with one attached hydrogen (secondary N) is 2. The largest absolute Gasteiger partial charge is 0.357 e. The smallest absolute Gasteiger partial charge is 0.225 e. The highest BCUT2D eigenvalue weighted by Gasteiger charge is 2.21. The van der Waals surface area contributed by atoms with Crippen molar-refractivity contribution in [3.8, 4) is 0 Å². The van der Waals surface area contributed by atoms with Gasteiger partial charge in [-0.05, 0) is 12.8 Å². The van der Waals surface area contributed by atoms with Gasteiger partial charge in [0.05, 0.1) is 6.54 Å². The summed E-state index contributed by atoms with van der Waals surface area (Å²) < 4.78 is 0. The van der Waals surface area contributed by atoms with Crippen molar-refractivity contribution >= 4 is 35.8 Å². The van der Waals surface area contributed by atoms with Gasteiger partial charge in [0.1, 0.15) is 0 Å². The van der Waals surface area contributed by atoms with Crippen LogP contribution in [0.3, 0.4) is 0 Å². The Morgan fingerprint density at radius 3 is 2.20 bits per heavy atom. The molecule has 148 valence electrons. The number of carbonyl (C=O) groups excluding carboxylic acids is 1. The van der Waals surface area contributed by atoms with Crippen LogP contribution in [-0.4, -0.2) is 74.0 Å². The molecule has 0 bridgehead atoms. The van der Waals surface area contributed by atoms with Gasteiger partial charge in [0, 0.05) is 51.2 Å². The maximum absolute atomic E-state index is 11.9. The average Bonchev–Trinajstić information content (AvgIpc) is 2.49. The van der Waals surface area contributed by atoms with Gasteiger partial charge in [0.2, 0.25) is 5.91 Å². The summed E-state index contributed by atoms with van der Waals surface area (Å²) in [5.74, 6) is 1.75. The van der Waals surface area contributed by atoms with E-state index in [1.54, 1.807) is 0 Å². The fourth-order valence-corrected chi connectivity index (χ4v) is 2.68. The first-order valence-electron chi connectivity index (χ1n) is 9.28. The number of hydrogen-bond acceptors (Lipinski definition) is 3. The molecule has 25 heavy (non-hydrogen) atoms. The fourth-order valence-electron chi connectivity index (χ4n) is 2.68. The predicted molar refractivity (Wildman–Crippen MR) is 117 cm³/mol. The minimum atomic E-state index is -0.346. The van der Waals surface area contributed by atoms with Gasteiger partial charge in [-0.1, -0.05) is 34.6 Å². The summed E-state index contributed by atoms with van der Waals surface area (Å²) in [4.78, 5) is 21.4. The molecule has 1 rings (SSSR count). The number of nitrogens with zero attached hydrogens (tertiary/aromatic N) is 3. The minimum absolute atomic E-state index is 0. The third-order valence-corrected chi connectivity index (χ3v) is 3.97. The highest BCUT2D eigenvalue weighted by molar-refractivity contribution is 14.0. The maximum atomic E-state index is 11.9. The Morgan fingerprint density at radius 2 is 1.72 bits per heavy atom. The van der Waals surface area contributed by atoms with Crippen LogP contribution in [0.2, 0.25) is 0 Å². The molecule has 0 aliphatic carbocycles. The van der Waals surface area contributed by atoms with Crippen LogP contribution < -0.4 is 10.6 Å². The van der Waals surface area contributed by atoms with Gasteiger partial charge in [-0.3, -0.25) is 14.7 Å². The van der Waals surface area contributed by atoms with E-state index < -0.39 is 0 Å². The summed E-state index contributed by atoms with van der Waals surface area (Å²) >= 11 is 0. The van der Waals surface area contributed by atoms with Crippen LogP contribution in [0, 0.1) is 11.3 Å². The number of halogens is 1. The van der Waals surface area contributed by atoms with Crippen molar-refractivity contribution in [1.82, 2.24) is 20.4 Å². The third kappa shape index (κ3) is 9.63. The number of rotatable bonds is 6. The molecule has 1 amide bonds. The SMILES string of the molecule is CCNC(=NCCNC(=O)C(C)(C)C)N1CCN(CC(C)C)CC1.I. The summed E-state index contributed by atoms with van der Waals surface area (Å²) in [5, 5.41) is 6.32. The summed E-state index contributed by atoms with van der Waals surface area (Å²) in [6.45, 7) is 19.8. The van der Waals surface area contributed by atoms with E-state index in [2.05, 4.69) is 46.2 Å². The van der Waals surface area contributed by atoms with E-state index in [1.165, 1.54) is 6.54 Å². The lowest BCUT2D eigenvalue weighted by Gasteiger charge is -2.37. The maximum Gasteiger partial charge on any atom is 0.225 e.